The van der Waals surface area contributed by atoms with Crippen molar-refractivity contribution in [3.05, 3.63) is 54.4 Å². The highest BCUT2D eigenvalue weighted by Gasteiger charge is 2.27. The number of hydrogen-bond acceptors (Lipinski definition) is 6. The van der Waals surface area contributed by atoms with Gasteiger partial charge < -0.3 is 10.3 Å². The molecule has 0 spiro atoms. The first-order valence-electron chi connectivity index (χ1n) is 11.7. The second-order valence-corrected chi connectivity index (χ2v) is 9.86. The number of likely N-dealkylation sites (tertiary alicyclic amines) is 1. The second-order valence-electron chi connectivity index (χ2n) is 9.86. The highest BCUT2D eigenvalue weighted by Crippen LogP contribution is 2.30. The number of hydrogen-bond donors (Lipinski definition) is 2. The Morgan fingerprint density at radius 2 is 1.94 bits per heavy atom. The van der Waals surface area contributed by atoms with Crippen molar-refractivity contribution in [2.45, 2.75) is 58.7 Å². The van der Waals surface area contributed by atoms with Crippen molar-refractivity contribution in [2.75, 3.05) is 13.1 Å². The third-order valence-corrected chi connectivity index (χ3v) is 6.45. The Bertz CT molecular complexity index is 1240. The largest absolute Gasteiger partial charge is 0.340 e. The Morgan fingerprint density at radius 3 is 2.70 bits per heavy atom. The fourth-order valence-corrected chi connectivity index (χ4v) is 4.54. The van der Waals surface area contributed by atoms with Crippen molar-refractivity contribution in [3.63, 3.8) is 0 Å². The minimum Gasteiger partial charge on any atom is -0.340 e. The van der Waals surface area contributed by atoms with Crippen LogP contribution in [0.1, 0.15) is 45.1 Å². The molecule has 2 N–H and O–H groups in total. The van der Waals surface area contributed by atoms with E-state index < -0.39 is 0 Å². The zero-order valence-electron chi connectivity index (χ0n) is 19.8. The fraction of sp³-hybridized carbons (Fsp3) is 0.440. The van der Waals surface area contributed by atoms with E-state index in [2.05, 4.69) is 46.1 Å². The van der Waals surface area contributed by atoms with Crippen LogP contribution >= 0.6 is 0 Å². The van der Waals surface area contributed by atoms with Gasteiger partial charge >= 0.3 is 0 Å². The highest BCUT2D eigenvalue weighted by molar-refractivity contribution is 5.78. The zero-order valence-corrected chi connectivity index (χ0v) is 19.8. The second kappa shape index (κ2) is 8.68. The number of aromatic nitrogens is 6. The molecule has 0 radical (unpaired) electrons. The molecule has 8 nitrogen and oxygen atoms in total. The summed E-state index contributed by atoms with van der Waals surface area (Å²) in [6.07, 6.45) is 5.80. The van der Waals surface area contributed by atoms with E-state index in [1.54, 1.807) is 10.8 Å². The number of nitrogens with one attached hydrogen (secondary N) is 2. The third-order valence-electron chi connectivity index (χ3n) is 6.45. The number of aromatic amines is 1. The number of imidazole rings is 1. The van der Waals surface area contributed by atoms with Crippen molar-refractivity contribution in [3.8, 4) is 22.6 Å². The maximum atomic E-state index is 4.97. The molecule has 0 aliphatic carbocycles. The Balaban J connectivity index is 1.39. The molecule has 0 amide bonds. The molecular weight excluding hydrogens is 412 g/mol. The summed E-state index contributed by atoms with van der Waals surface area (Å²) in [6.45, 7) is 11.8. The van der Waals surface area contributed by atoms with Gasteiger partial charge in [-0.15, -0.1) is 0 Å². The van der Waals surface area contributed by atoms with E-state index >= 15 is 0 Å². The Hall–Kier alpha value is -3.10. The van der Waals surface area contributed by atoms with Gasteiger partial charge in [-0.05, 0) is 64.8 Å². The number of rotatable bonds is 5. The lowest BCUT2D eigenvalue weighted by Gasteiger charge is -2.41. The van der Waals surface area contributed by atoms with Crippen LogP contribution in [0.3, 0.4) is 0 Å². The molecule has 8 heteroatoms. The minimum absolute atomic E-state index is 0.238. The molecule has 172 valence electrons. The maximum absolute atomic E-state index is 4.97. The van der Waals surface area contributed by atoms with Gasteiger partial charge in [-0.25, -0.2) is 14.5 Å². The average molecular weight is 445 g/mol. The Labute approximate surface area is 194 Å². The lowest BCUT2D eigenvalue weighted by molar-refractivity contribution is 0.0959. The van der Waals surface area contributed by atoms with Crippen LogP contribution in [0, 0.1) is 6.92 Å². The SMILES string of the molecule is Cc1cccc(-c2nc(CNC3CCN(C(C)(C)C)CC3)[nH]c2-c2ccn3ncnc3c2)n1. The smallest absolute Gasteiger partial charge is 0.155 e. The van der Waals surface area contributed by atoms with Gasteiger partial charge in [-0.2, -0.15) is 5.10 Å². The topological polar surface area (TPSA) is 87.0 Å². The molecule has 1 saturated heterocycles. The van der Waals surface area contributed by atoms with Gasteiger partial charge in [0.1, 0.15) is 17.8 Å². The molecule has 4 aromatic rings. The van der Waals surface area contributed by atoms with Crippen LogP contribution in [-0.2, 0) is 6.54 Å². The summed E-state index contributed by atoms with van der Waals surface area (Å²) in [5, 5.41) is 7.93. The Morgan fingerprint density at radius 1 is 1.12 bits per heavy atom. The molecule has 1 aliphatic heterocycles. The summed E-state index contributed by atoms with van der Waals surface area (Å²) >= 11 is 0. The van der Waals surface area contributed by atoms with Gasteiger partial charge in [0.05, 0.1) is 17.9 Å². The van der Waals surface area contributed by atoms with Crippen LogP contribution in [0.4, 0.5) is 0 Å². The maximum Gasteiger partial charge on any atom is 0.155 e. The first-order chi connectivity index (χ1) is 15.9. The van der Waals surface area contributed by atoms with Gasteiger partial charge in [0.15, 0.2) is 5.65 Å². The molecule has 33 heavy (non-hydrogen) atoms. The quantitative estimate of drug-likeness (QED) is 0.486. The lowest BCUT2D eigenvalue weighted by Crippen LogP contribution is -2.49. The van der Waals surface area contributed by atoms with Gasteiger partial charge in [-0.1, -0.05) is 6.07 Å². The molecular formula is C25H32N8. The lowest BCUT2D eigenvalue weighted by atomic mass is 9.98. The first-order valence-corrected chi connectivity index (χ1v) is 11.7. The molecule has 4 aromatic heterocycles. The van der Waals surface area contributed by atoms with Crippen LogP contribution in [0.25, 0.3) is 28.3 Å². The van der Waals surface area contributed by atoms with Gasteiger partial charge in [0, 0.05) is 42.1 Å². The predicted octanol–water partition coefficient (Wildman–Crippen LogP) is 3.84. The van der Waals surface area contributed by atoms with Gasteiger partial charge in [0.25, 0.3) is 0 Å². The molecule has 0 bridgehead atoms. The normalized spacial score (nSPS) is 16.0. The number of pyridine rings is 2. The molecule has 0 unspecified atom stereocenters. The number of nitrogens with zero attached hydrogens (tertiary/aromatic N) is 6. The molecule has 5 rings (SSSR count). The van der Waals surface area contributed by atoms with Crippen LogP contribution in [-0.4, -0.2) is 59.1 Å². The van der Waals surface area contributed by atoms with E-state index in [1.807, 2.05) is 43.5 Å². The Kier molecular flexibility index (Phi) is 5.72. The van der Waals surface area contributed by atoms with Crippen LogP contribution in [0.5, 0.6) is 0 Å². The molecule has 0 saturated carbocycles. The van der Waals surface area contributed by atoms with E-state index in [-0.39, 0.29) is 5.54 Å². The van der Waals surface area contributed by atoms with Crippen molar-refractivity contribution in [1.29, 1.82) is 0 Å². The van der Waals surface area contributed by atoms with Crippen molar-refractivity contribution >= 4 is 5.65 Å². The van der Waals surface area contributed by atoms with E-state index in [0.717, 1.165) is 65.7 Å². The van der Waals surface area contributed by atoms with Crippen molar-refractivity contribution in [2.24, 2.45) is 0 Å². The first kappa shape index (κ1) is 21.7. The van der Waals surface area contributed by atoms with Crippen LogP contribution in [0.15, 0.2) is 42.9 Å². The minimum atomic E-state index is 0.238. The van der Waals surface area contributed by atoms with Gasteiger partial charge in [-0.3, -0.25) is 9.88 Å². The van der Waals surface area contributed by atoms with E-state index in [9.17, 15) is 0 Å². The van der Waals surface area contributed by atoms with E-state index in [1.165, 1.54) is 0 Å². The predicted molar refractivity (Wildman–Crippen MR) is 130 cm³/mol. The average Bonchev–Trinajstić information content (AvgIpc) is 3.44. The van der Waals surface area contributed by atoms with Crippen molar-refractivity contribution in [1.82, 2.24) is 39.8 Å². The summed E-state index contributed by atoms with van der Waals surface area (Å²) in [7, 11) is 0. The number of aryl methyl sites for hydroxylation is 1. The molecule has 0 atom stereocenters. The summed E-state index contributed by atoms with van der Waals surface area (Å²) in [5.41, 5.74) is 5.72. The molecule has 1 fully saturated rings. The third kappa shape index (κ3) is 4.67. The molecule has 5 heterocycles. The summed E-state index contributed by atoms with van der Waals surface area (Å²) in [5.74, 6) is 0.919. The van der Waals surface area contributed by atoms with E-state index in [0.29, 0.717) is 12.6 Å². The number of H-pyrrole nitrogens is 1. The molecule has 0 aromatic carbocycles. The van der Waals surface area contributed by atoms with E-state index in [4.69, 9.17) is 9.97 Å². The zero-order chi connectivity index (χ0) is 23.0. The van der Waals surface area contributed by atoms with Crippen LogP contribution < -0.4 is 5.32 Å². The monoisotopic (exact) mass is 444 g/mol. The highest BCUT2D eigenvalue weighted by atomic mass is 15.3. The standard InChI is InChI=1S/C25H32N8/c1-17-6-5-7-20(29-17)24-23(18-8-13-33-22(14-18)27-16-28-33)30-21(31-24)15-26-19-9-11-32(12-10-19)25(2,3)4/h5-8,13-14,16,19,26H,9-12,15H2,1-4H3,(H,30,31). The number of piperidine rings is 1. The molecule has 1 aliphatic rings. The van der Waals surface area contributed by atoms with Gasteiger partial charge in [0.2, 0.25) is 0 Å². The fourth-order valence-electron chi connectivity index (χ4n) is 4.54. The number of fused-ring (bicyclic) bond motifs is 1. The summed E-state index contributed by atoms with van der Waals surface area (Å²) in [4.78, 5) is 20.2. The summed E-state index contributed by atoms with van der Waals surface area (Å²) < 4.78 is 1.76. The van der Waals surface area contributed by atoms with Crippen molar-refractivity contribution < 1.29 is 0 Å². The summed E-state index contributed by atoms with van der Waals surface area (Å²) in [6, 6.07) is 10.6. The van der Waals surface area contributed by atoms with Crippen LogP contribution in [0.2, 0.25) is 0 Å².